The van der Waals surface area contributed by atoms with Gasteiger partial charge in [-0.25, -0.2) is 14.6 Å². The molecule has 3 rings (SSSR count). The summed E-state index contributed by atoms with van der Waals surface area (Å²) in [4.78, 5) is 8.76. The van der Waals surface area contributed by atoms with Crippen LogP contribution in [-0.2, 0) is 7.05 Å². The van der Waals surface area contributed by atoms with E-state index in [2.05, 4.69) is 20.3 Å². The summed E-state index contributed by atoms with van der Waals surface area (Å²) in [5.74, 6) is 1.84. The molecule has 2 aromatic heterocycles. The van der Waals surface area contributed by atoms with Crippen molar-refractivity contribution < 1.29 is 0 Å². The number of nitrogens with two attached hydrogens (primary N) is 1. The second-order valence-electron chi connectivity index (χ2n) is 4.05. The Morgan fingerprint density at radius 2 is 2.19 bits per heavy atom. The highest BCUT2D eigenvalue weighted by molar-refractivity contribution is 5.57. The third kappa shape index (κ3) is 1.52. The highest BCUT2D eigenvalue weighted by Crippen LogP contribution is 2.38. The van der Waals surface area contributed by atoms with Crippen LogP contribution in [0, 0.1) is 0 Å². The molecule has 0 aromatic carbocycles. The molecule has 6 heteroatoms. The van der Waals surface area contributed by atoms with Crippen molar-refractivity contribution in [2.24, 2.45) is 7.05 Å². The first kappa shape index (κ1) is 9.26. The summed E-state index contributed by atoms with van der Waals surface area (Å²) in [6, 6.07) is 1.75. The maximum absolute atomic E-state index is 5.78. The third-order valence-corrected chi connectivity index (χ3v) is 2.68. The Morgan fingerprint density at radius 3 is 2.81 bits per heavy atom. The first-order valence-corrected chi connectivity index (χ1v) is 5.23. The van der Waals surface area contributed by atoms with E-state index in [1.54, 1.807) is 16.9 Å². The molecule has 1 saturated carbocycles. The third-order valence-electron chi connectivity index (χ3n) is 2.68. The number of aryl methyl sites for hydroxylation is 1. The van der Waals surface area contributed by atoms with Gasteiger partial charge in [0, 0.05) is 19.0 Å². The summed E-state index contributed by atoms with van der Waals surface area (Å²) >= 11 is 0. The minimum Gasteiger partial charge on any atom is -0.384 e. The summed E-state index contributed by atoms with van der Waals surface area (Å²) in [5.41, 5.74) is 7.43. The van der Waals surface area contributed by atoms with E-state index in [1.165, 1.54) is 0 Å². The molecule has 16 heavy (non-hydrogen) atoms. The first-order valence-electron chi connectivity index (χ1n) is 5.23. The van der Waals surface area contributed by atoms with Crippen LogP contribution in [0.25, 0.3) is 11.4 Å². The monoisotopic (exact) mass is 216 g/mol. The fraction of sp³-hybridized carbons (Fsp3) is 0.400. The fourth-order valence-electron chi connectivity index (χ4n) is 1.66. The number of rotatable bonds is 2. The fourth-order valence-corrected chi connectivity index (χ4v) is 1.66. The topological polar surface area (TPSA) is 82.5 Å². The molecule has 0 amide bonds. The van der Waals surface area contributed by atoms with Gasteiger partial charge in [-0.2, -0.15) is 0 Å². The normalized spacial score (nSPS) is 15.3. The van der Waals surface area contributed by atoms with E-state index in [9.17, 15) is 0 Å². The van der Waals surface area contributed by atoms with Crippen LogP contribution >= 0.6 is 0 Å². The first-order chi connectivity index (χ1) is 7.74. The van der Waals surface area contributed by atoms with E-state index in [0.717, 1.165) is 30.1 Å². The molecule has 0 saturated heterocycles. The SMILES string of the molecule is Cn1nncc1-c1cc(N)nc(C2CC2)n1. The zero-order valence-corrected chi connectivity index (χ0v) is 8.96. The molecular weight excluding hydrogens is 204 g/mol. The van der Waals surface area contributed by atoms with Crippen molar-refractivity contribution in [2.45, 2.75) is 18.8 Å². The molecule has 1 aliphatic carbocycles. The Labute approximate surface area is 92.5 Å². The molecule has 0 bridgehead atoms. The lowest BCUT2D eigenvalue weighted by atomic mass is 10.3. The summed E-state index contributed by atoms with van der Waals surface area (Å²) in [5, 5.41) is 7.71. The Bertz CT molecular complexity index is 528. The van der Waals surface area contributed by atoms with Gasteiger partial charge in [0.2, 0.25) is 0 Å². The van der Waals surface area contributed by atoms with Gasteiger partial charge in [-0.1, -0.05) is 5.21 Å². The van der Waals surface area contributed by atoms with Crippen LogP contribution in [0.1, 0.15) is 24.6 Å². The van der Waals surface area contributed by atoms with E-state index < -0.39 is 0 Å². The van der Waals surface area contributed by atoms with Crippen molar-refractivity contribution in [1.29, 1.82) is 0 Å². The molecule has 0 aliphatic heterocycles. The number of hydrogen-bond donors (Lipinski definition) is 1. The van der Waals surface area contributed by atoms with Crippen molar-refractivity contribution in [3.63, 3.8) is 0 Å². The minimum atomic E-state index is 0.489. The number of nitrogens with zero attached hydrogens (tertiary/aromatic N) is 5. The Balaban J connectivity index is 2.10. The standard InChI is InChI=1S/C10H12N6/c1-16-8(5-12-15-16)7-4-9(11)14-10(13-7)6-2-3-6/h4-6H,2-3H2,1H3,(H2,11,13,14). The molecule has 6 nitrogen and oxygen atoms in total. The molecule has 2 heterocycles. The average molecular weight is 216 g/mol. The lowest BCUT2D eigenvalue weighted by Gasteiger charge is -2.04. The van der Waals surface area contributed by atoms with Crippen LogP contribution in [0.5, 0.6) is 0 Å². The van der Waals surface area contributed by atoms with E-state index >= 15 is 0 Å². The maximum atomic E-state index is 5.78. The van der Waals surface area contributed by atoms with Gasteiger partial charge in [0.25, 0.3) is 0 Å². The second kappa shape index (κ2) is 3.26. The summed E-state index contributed by atoms with van der Waals surface area (Å²) in [6.45, 7) is 0. The molecule has 0 atom stereocenters. The second-order valence-corrected chi connectivity index (χ2v) is 4.05. The van der Waals surface area contributed by atoms with Crippen molar-refractivity contribution in [3.8, 4) is 11.4 Å². The quantitative estimate of drug-likeness (QED) is 0.800. The van der Waals surface area contributed by atoms with Crippen LogP contribution in [0.2, 0.25) is 0 Å². The van der Waals surface area contributed by atoms with Crippen LogP contribution < -0.4 is 5.73 Å². The molecule has 2 N–H and O–H groups in total. The Hall–Kier alpha value is -1.98. The number of aromatic nitrogens is 5. The Morgan fingerprint density at radius 1 is 1.38 bits per heavy atom. The Kier molecular flexibility index (Phi) is 1.89. The predicted molar refractivity (Wildman–Crippen MR) is 58.4 cm³/mol. The molecule has 1 fully saturated rings. The van der Waals surface area contributed by atoms with Gasteiger partial charge in [0.1, 0.15) is 17.3 Å². The van der Waals surface area contributed by atoms with Crippen LogP contribution in [0.3, 0.4) is 0 Å². The van der Waals surface area contributed by atoms with Crippen molar-refractivity contribution in [1.82, 2.24) is 25.0 Å². The van der Waals surface area contributed by atoms with Gasteiger partial charge in [0.15, 0.2) is 0 Å². The van der Waals surface area contributed by atoms with E-state index in [-0.39, 0.29) is 0 Å². The van der Waals surface area contributed by atoms with Crippen molar-refractivity contribution in [3.05, 3.63) is 18.1 Å². The van der Waals surface area contributed by atoms with Crippen LogP contribution in [0.15, 0.2) is 12.3 Å². The van der Waals surface area contributed by atoms with E-state index in [0.29, 0.717) is 11.7 Å². The number of hydrogen-bond acceptors (Lipinski definition) is 5. The molecular formula is C10H12N6. The van der Waals surface area contributed by atoms with Crippen LogP contribution in [-0.4, -0.2) is 25.0 Å². The van der Waals surface area contributed by atoms with Crippen molar-refractivity contribution >= 4 is 5.82 Å². The molecule has 82 valence electrons. The van der Waals surface area contributed by atoms with E-state index in [4.69, 9.17) is 5.73 Å². The van der Waals surface area contributed by atoms with Crippen molar-refractivity contribution in [2.75, 3.05) is 5.73 Å². The van der Waals surface area contributed by atoms with Gasteiger partial charge < -0.3 is 5.73 Å². The van der Waals surface area contributed by atoms with E-state index in [1.807, 2.05) is 7.05 Å². The lowest BCUT2D eigenvalue weighted by Crippen LogP contribution is -2.02. The molecule has 2 aromatic rings. The number of nitrogen functional groups attached to an aromatic ring is 1. The summed E-state index contributed by atoms with van der Waals surface area (Å²) in [6.07, 6.45) is 4.00. The molecule has 1 aliphatic rings. The van der Waals surface area contributed by atoms with Gasteiger partial charge in [0.05, 0.1) is 11.9 Å². The van der Waals surface area contributed by atoms with Crippen LogP contribution in [0.4, 0.5) is 5.82 Å². The maximum Gasteiger partial charge on any atom is 0.134 e. The largest absolute Gasteiger partial charge is 0.384 e. The smallest absolute Gasteiger partial charge is 0.134 e. The zero-order valence-electron chi connectivity index (χ0n) is 8.96. The van der Waals surface area contributed by atoms with Gasteiger partial charge in [-0.15, -0.1) is 5.10 Å². The molecule has 0 unspecified atom stereocenters. The predicted octanol–water partition coefficient (Wildman–Crippen LogP) is 0.732. The van der Waals surface area contributed by atoms with Gasteiger partial charge in [-0.3, -0.25) is 0 Å². The highest BCUT2D eigenvalue weighted by Gasteiger charge is 2.27. The highest BCUT2D eigenvalue weighted by atomic mass is 15.4. The molecule has 0 radical (unpaired) electrons. The number of anilines is 1. The average Bonchev–Trinajstić information content (AvgIpc) is 3.01. The zero-order chi connectivity index (χ0) is 11.1. The molecule has 0 spiro atoms. The minimum absolute atomic E-state index is 0.489. The summed E-state index contributed by atoms with van der Waals surface area (Å²) < 4.78 is 1.68. The summed E-state index contributed by atoms with van der Waals surface area (Å²) in [7, 11) is 1.83. The van der Waals surface area contributed by atoms with Gasteiger partial charge >= 0.3 is 0 Å². The van der Waals surface area contributed by atoms with Gasteiger partial charge in [-0.05, 0) is 12.8 Å². The lowest BCUT2D eigenvalue weighted by molar-refractivity contribution is 0.718.